The lowest BCUT2D eigenvalue weighted by atomic mass is 10.1. The minimum absolute atomic E-state index is 0.462. The highest BCUT2D eigenvalue weighted by atomic mass is 16.4. The van der Waals surface area contributed by atoms with Crippen LogP contribution in [0.3, 0.4) is 0 Å². The molecule has 0 aromatic heterocycles. The third-order valence-electron chi connectivity index (χ3n) is 1.55. The number of hydrogen-bond donors (Lipinski definition) is 3. The number of nitrogens with two attached hydrogens (primary N) is 1. The van der Waals surface area contributed by atoms with Gasteiger partial charge in [-0.15, -0.1) is 0 Å². The molecule has 4 heteroatoms. The van der Waals surface area contributed by atoms with Gasteiger partial charge in [0.2, 0.25) is 0 Å². The molecule has 0 aliphatic heterocycles. The summed E-state index contributed by atoms with van der Waals surface area (Å²) in [6.45, 7) is 1.97. The van der Waals surface area contributed by atoms with Gasteiger partial charge in [0.15, 0.2) is 0 Å². The number of rotatable bonds is 5. The van der Waals surface area contributed by atoms with Gasteiger partial charge in [0, 0.05) is 0 Å². The normalized spacial score (nSPS) is 15.9. The molecule has 0 spiro atoms. The molecule has 11 heavy (non-hydrogen) atoms. The average Bonchev–Trinajstić information content (AvgIpc) is 1.98. The van der Waals surface area contributed by atoms with E-state index in [4.69, 9.17) is 15.9 Å². The molecule has 0 saturated carbocycles. The molecule has 0 heterocycles. The van der Waals surface area contributed by atoms with E-state index in [1.807, 2.05) is 6.92 Å². The van der Waals surface area contributed by atoms with E-state index in [1.54, 1.807) is 0 Å². The lowest BCUT2D eigenvalue weighted by Gasteiger charge is -2.13. The molecule has 0 aromatic rings. The van der Waals surface area contributed by atoms with Gasteiger partial charge in [0.25, 0.3) is 0 Å². The molecule has 0 aliphatic rings. The minimum Gasteiger partial charge on any atom is -0.480 e. The van der Waals surface area contributed by atoms with E-state index < -0.39 is 18.1 Å². The zero-order valence-corrected chi connectivity index (χ0v) is 6.66. The van der Waals surface area contributed by atoms with Gasteiger partial charge in [-0.1, -0.05) is 19.8 Å². The highest BCUT2D eigenvalue weighted by Gasteiger charge is 2.20. The quantitative estimate of drug-likeness (QED) is 0.528. The molecule has 4 nitrogen and oxygen atoms in total. The van der Waals surface area contributed by atoms with Crippen molar-refractivity contribution in [1.29, 1.82) is 0 Å². The van der Waals surface area contributed by atoms with E-state index in [9.17, 15) is 4.79 Å². The number of hydrogen-bond acceptors (Lipinski definition) is 3. The first-order valence-electron chi connectivity index (χ1n) is 3.76. The standard InChI is InChI=1S/C7H15NO3/c1-2-3-4-5(9)6(8)7(10)11/h5-6,9H,2-4,8H2,1H3,(H,10,11)/t5-,6-/m0/s1. The van der Waals surface area contributed by atoms with Gasteiger partial charge in [-0.05, 0) is 6.42 Å². The molecule has 0 rings (SSSR count). The number of carbonyl (C=O) groups is 1. The van der Waals surface area contributed by atoms with Crippen molar-refractivity contribution in [1.82, 2.24) is 0 Å². The molecule has 0 unspecified atom stereocenters. The highest BCUT2D eigenvalue weighted by Crippen LogP contribution is 2.02. The van der Waals surface area contributed by atoms with E-state index in [1.165, 1.54) is 0 Å². The van der Waals surface area contributed by atoms with Crippen molar-refractivity contribution >= 4 is 5.97 Å². The summed E-state index contributed by atoms with van der Waals surface area (Å²) in [6.07, 6.45) is 1.29. The van der Waals surface area contributed by atoms with Crippen LogP contribution >= 0.6 is 0 Å². The Morgan fingerprint density at radius 2 is 2.18 bits per heavy atom. The third-order valence-corrected chi connectivity index (χ3v) is 1.55. The Morgan fingerprint density at radius 3 is 2.55 bits per heavy atom. The summed E-state index contributed by atoms with van der Waals surface area (Å²) in [4.78, 5) is 10.2. The van der Waals surface area contributed by atoms with Gasteiger partial charge in [-0.3, -0.25) is 4.79 Å². The highest BCUT2D eigenvalue weighted by molar-refractivity contribution is 5.73. The van der Waals surface area contributed by atoms with Crippen molar-refractivity contribution in [2.75, 3.05) is 0 Å². The molecular formula is C7H15NO3. The summed E-state index contributed by atoms with van der Waals surface area (Å²) in [5.74, 6) is -1.14. The van der Waals surface area contributed by atoms with E-state index in [0.29, 0.717) is 6.42 Å². The van der Waals surface area contributed by atoms with Crippen molar-refractivity contribution in [3.63, 3.8) is 0 Å². The van der Waals surface area contributed by atoms with Crippen LogP contribution in [-0.2, 0) is 4.79 Å². The summed E-state index contributed by atoms with van der Waals surface area (Å²) in [6, 6.07) is -1.14. The number of aliphatic hydroxyl groups is 1. The summed E-state index contributed by atoms with van der Waals surface area (Å²) >= 11 is 0. The molecule has 0 bridgehead atoms. The van der Waals surface area contributed by atoms with Crippen LogP contribution in [0.5, 0.6) is 0 Å². The van der Waals surface area contributed by atoms with Crippen LogP contribution in [-0.4, -0.2) is 28.3 Å². The Hall–Kier alpha value is -0.610. The summed E-state index contributed by atoms with van der Waals surface area (Å²) in [5.41, 5.74) is 5.15. The van der Waals surface area contributed by atoms with Crippen LogP contribution in [0.1, 0.15) is 26.2 Å². The van der Waals surface area contributed by atoms with Crippen LogP contribution in [0.4, 0.5) is 0 Å². The second-order valence-corrected chi connectivity index (χ2v) is 2.57. The fourth-order valence-electron chi connectivity index (χ4n) is 0.757. The zero-order chi connectivity index (χ0) is 8.85. The number of aliphatic hydroxyl groups excluding tert-OH is 1. The van der Waals surface area contributed by atoms with Crippen LogP contribution in [0.15, 0.2) is 0 Å². The lowest BCUT2D eigenvalue weighted by molar-refractivity contribution is -0.141. The van der Waals surface area contributed by atoms with Crippen molar-refractivity contribution in [3.8, 4) is 0 Å². The fraction of sp³-hybridized carbons (Fsp3) is 0.857. The Morgan fingerprint density at radius 1 is 1.64 bits per heavy atom. The van der Waals surface area contributed by atoms with Gasteiger partial charge < -0.3 is 15.9 Å². The van der Waals surface area contributed by atoms with Crippen molar-refractivity contribution < 1.29 is 15.0 Å². The number of aliphatic carboxylic acids is 1. The maximum atomic E-state index is 10.2. The summed E-state index contributed by atoms with van der Waals surface area (Å²) < 4.78 is 0. The minimum atomic E-state index is -1.14. The van der Waals surface area contributed by atoms with E-state index in [2.05, 4.69) is 0 Å². The predicted octanol–water partition coefficient (Wildman–Crippen LogP) is -0.0506. The van der Waals surface area contributed by atoms with E-state index in [0.717, 1.165) is 12.8 Å². The van der Waals surface area contributed by atoms with Crippen LogP contribution < -0.4 is 5.73 Å². The predicted molar refractivity (Wildman–Crippen MR) is 41.1 cm³/mol. The van der Waals surface area contributed by atoms with Gasteiger partial charge in [0.05, 0.1) is 6.10 Å². The molecule has 0 radical (unpaired) electrons. The second-order valence-electron chi connectivity index (χ2n) is 2.57. The molecule has 0 aliphatic carbocycles. The lowest BCUT2D eigenvalue weighted by Crippen LogP contribution is -2.41. The number of unbranched alkanes of at least 4 members (excludes halogenated alkanes) is 1. The molecule has 2 atom stereocenters. The first kappa shape index (κ1) is 10.4. The monoisotopic (exact) mass is 161 g/mol. The number of carboxylic acid groups (broad SMARTS) is 1. The van der Waals surface area contributed by atoms with Crippen molar-refractivity contribution in [2.45, 2.75) is 38.3 Å². The molecule has 4 N–H and O–H groups in total. The van der Waals surface area contributed by atoms with Crippen molar-refractivity contribution in [3.05, 3.63) is 0 Å². The second kappa shape index (κ2) is 5.09. The summed E-state index contributed by atoms with van der Waals surface area (Å²) in [5, 5.41) is 17.5. The van der Waals surface area contributed by atoms with Gasteiger partial charge in [-0.25, -0.2) is 0 Å². The molecule has 0 aromatic carbocycles. The fourth-order valence-corrected chi connectivity index (χ4v) is 0.757. The Bertz CT molecular complexity index is 127. The Labute approximate surface area is 66.0 Å². The van der Waals surface area contributed by atoms with Crippen LogP contribution in [0.25, 0.3) is 0 Å². The Kier molecular flexibility index (Phi) is 4.81. The smallest absolute Gasteiger partial charge is 0.323 e. The first-order valence-corrected chi connectivity index (χ1v) is 3.76. The maximum Gasteiger partial charge on any atom is 0.323 e. The Balaban J connectivity index is 3.63. The zero-order valence-electron chi connectivity index (χ0n) is 6.66. The molecule has 0 fully saturated rings. The first-order chi connectivity index (χ1) is 5.09. The molecule has 66 valence electrons. The maximum absolute atomic E-state index is 10.2. The molecular weight excluding hydrogens is 146 g/mol. The van der Waals surface area contributed by atoms with Crippen LogP contribution in [0.2, 0.25) is 0 Å². The van der Waals surface area contributed by atoms with Gasteiger partial charge in [0.1, 0.15) is 6.04 Å². The average molecular weight is 161 g/mol. The van der Waals surface area contributed by atoms with E-state index >= 15 is 0 Å². The SMILES string of the molecule is CCCC[C@H](O)[C@H](N)C(=O)O. The van der Waals surface area contributed by atoms with Crippen molar-refractivity contribution in [2.24, 2.45) is 5.73 Å². The largest absolute Gasteiger partial charge is 0.480 e. The molecule has 0 amide bonds. The van der Waals surface area contributed by atoms with E-state index in [-0.39, 0.29) is 0 Å². The van der Waals surface area contributed by atoms with Crippen LogP contribution in [0, 0.1) is 0 Å². The topological polar surface area (TPSA) is 83.5 Å². The number of carboxylic acids is 1. The van der Waals surface area contributed by atoms with Gasteiger partial charge >= 0.3 is 5.97 Å². The molecule has 0 saturated heterocycles. The third kappa shape index (κ3) is 3.95. The summed E-state index contributed by atoms with van der Waals surface area (Å²) in [7, 11) is 0. The van der Waals surface area contributed by atoms with Gasteiger partial charge in [-0.2, -0.15) is 0 Å².